The number of benzene rings is 2. The van der Waals surface area contributed by atoms with E-state index in [-0.39, 0.29) is 17.4 Å². The van der Waals surface area contributed by atoms with E-state index in [0.717, 1.165) is 6.07 Å². The molecule has 25 heavy (non-hydrogen) atoms. The normalized spacial score (nSPS) is 12.1. The lowest BCUT2D eigenvalue weighted by molar-refractivity contribution is -0.162. The number of aryl methyl sites for hydroxylation is 1. The van der Waals surface area contributed by atoms with Crippen molar-refractivity contribution in [1.29, 1.82) is 0 Å². The standard InChI is InChI=1S/C16H12F6N2O/c1-8-5-6-9(7-12(8)23)24-14(25)10-3-2-4-11(15(17,18)19)13(10)16(20,21)22/h2-7H,23H2,1H3,(H,24,25). The third-order valence-corrected chi connectivity index (χ3v) is 3.44. The van der Waals surface area contributed by atoms with E-state index in [1.165, 1.54) is 18.2 Å². The van der Waals surface area contributed by atoms with Gasteiger partial charge in [0.15, 0.2) is 0 Å². The number of hydrogen-bond donors (Lipinski definition) is 2. The summed E-state index contributed by atoms with van der Waals surface area (Å²) in [5, 5.41) is 2.13. The van der Waals surface area contributed by atoms with Crippen molar-refractivity contribution in [3.8, 4) is 0 Å². The Bertz CT molecular complexity index is 811. The molecule has 0 fully saturated rings. The maximum absolute atomic E-state index is 13.2. The SMILES string of the molecule is Cc1ccc(NC(=O)c2cccc(C(F)(F)F)c2C(F)(F)F)cc1N. The van der Waals surface area contributed by atoms with E-state index in [1.807, 2.05) is 0 Å². The molecule has 0 aliphatic carbocycles. The molecule has 0 aliphatic heterocycles. The van der Waals surface area contributed by atoms with E-state index in [1.54, 1.807) is 6.92 Å². The summed E-state index contributed by atoms with van der Waals surface area (Å²) in [7, 11) is 0. The van der Waals surface area contributed by atoms with Crippen LogP contribution in [0.2, 0.25) is 0 Å². The molecule has 2 aromatic carbocycles. The molecule has 0 aliphatic rings. The topological polar surface area (TPSA) is 55.1 Å². The minimum atomic E-state index is -5.36. The molecular weight excluding hydrogens is 350 g/mol. The first-order valence-electron chi connectivity index (χ1n) is 6.86. The average Bonchev–Trinajstić information content (AvgIpc) is 2.48. The zero-order valence-electron chi connectivity index (χ0n) is 12.7. The maximum atomic E-state index is 13.2. The maximum Gasteiger partial charge on any atom is 0.417 e. The fraction of sp³-hybridized carbons (Fsp3) is 0.188. The third kappa shape index (κ3) is 4.04. The number of carbonyl (C=O) groups is 1. The van der Waals surface area contributed by atoms with Crippen molar-refractivity contribution in [1.82, 2.24) is 0 Å². The molecule has 0 aromatic heterocycles. The Hall–Kier alpha value is -2.71. The molecule has 0 bridgehead atoms. The van der Waals surface area contributed by atoms with Gasteiger partial charge in [-0.3, -0.25) is 4.79 Å². The van der Waals surface area contributed by atoms with Gasteiger partial charge in [-0.15, -0.1) is 0 Å². The number of carbonyl (C=O) groups excluding carboxylic acids is 1. The van der Waals surface area contributed by atoms with Gasteiger partial charge in [0.25, 0.3) is 5.91 Å². The second kappa shape index (κ2) is 6.30. The molecule has 0 atom stereocenters. The quantitative estimate of drug-likeness (QED) is 0.592. The summed E-state index contributed by atoms with van der Waals surface area (Å²) in [5.41, 5.74) is 1.58. The fourth-order valence-electron chi connectivity index (χ4n) is 2.20. The highest BCUT2D eigenvalue weighted by atomic mass is 19.4. The molecule has 0 saturated carbocycles. The van der Waals surface area contributed by atoms with E-state index in [2.05, 4.69) is 5.32 Å². The Morgan fingerprint density at radius 1 is 1.00 bits per heavy atom. The van der Waals surface area contributed by atoms with Gasteiger partial charge in [0.1, 0.15) is 0 Å². The van der Waals surface area contributed by atoms with Crippen LogP contribution in [0, 0.1) is 6.92 Å². The molecule has 2 rings (SSSR count). The summed E-state index contributed by atoms with van der Waals surface area (Å²) < 4.78 is 78.2. The predicted octanol–water partition coefficient (Wildman–Crippen LogP) is 4.87. The largest absolute Gasteiger partial charge is 0.417 e. The van der Waals surface area contributed by atoms with Crippen molar-refractivity contribution in [3.05, 3.63) is 58.7 Å². The van der Waals surface area contributed by atoms with Crippen molar-refractivity contribution >= 4 is 17.3 Å². The van der Waals surface area contributed by atoms with Gasteiger partial charge in [0.2, 0.25) is 0 Å². The molecular formula is C16H12F6N2O. The fourth-order valence-corrected chi connectivity index (χ4v) is 2.20. The summed E-state index contributed by atoms with van der Waals surface area (Å²) in [6.07, 6.45) is -10.6. The molecule has 0 unspecified atom stereocenters. The lowest BCUT2D eigenvalue weighted by atomic mass is 9.99. The zero-order valence-corrected chi connectivity index (χ0v) is 12.7. The average molecular weight is 362 g/mol. The van der Waals surface area contributed by atoms with Crippen molar-refractivity contribution in [2.75, 3.05) is 11.1 Å². The summed E-state index contributed by atoms with van der Waals surface area (Å²) in [6, 6.07) is 5.91. The van der Waals surface area contributed by atoms with Gasteiger partial charge in [-0.1, -0.05) is 12.1 Å². The Balaban J connectivity index is 2.51. The summed E-state index contributed by atoms with van der Waals surface area (Å²) >= 11 is 0. The predicted molar refractivity (Wildman–Crippen MR) is 80.0 cm³/mol. The number of nitrogens with two attached hydrogens (primary N) is 1. The number of alkyl halides is 6. The minimum Gasteiger partial charge on any atom is -0.398 e. The van der Waals surface area contributed by atoms with Crippen molar-refractivity contribution in [3.63, 3.8) is 0 Å². The van der Waals surface area contributed by atoms with Crippen LogP contribution in [0.15, 0.2) is 36.4 Å². The molecule has 0 saturated heterocycles. The highest BCUT2D eigenvalue weighted by Gasteiger charge is 2.45. The first kappa shape index (κ1) is 18.6. The van der Waals surface area contributed by atoms with Crippen LogP contribution < -0.4 is 11.1 Å². The van der Waals surface area contributed by atoms with E-state index in [4.69, 9.17) is 5.73 Å². The summed E-state index contributed by atoms with van der Waals surface area (Å²) in [6.45, 7) is 1.68. The molecule has 9 heteroatoms. The Morgan fingerprint density at radius 2 is 1.64 bits per heavy atom. The third-order valence-electron chi connectivity index (χ3n) is 3.44. The van der Waals surface area contributed by atoms with Gasteiger partial charge in [-0.2, -0.15) is 26.3 Å². The zero-order chi connectivity index (χ0) is 19.0. The molecule has 134 valence electrons. The van der Waals surface area contributed by atoms with Crippen LogP contribution in [0.4, 0.5) is 37.7 Å². The number of rotatable bonds is 2. The lowest BCUT2D eigenvalue weighted by Gasteiger charge is -2.19. The molecule has 0 spiro atoms. The van der Waals surface area contributed by atoms with Crippen molar-refractivity contribution in [2.45, 2.75) is 19.3 Å². The monoisotopic (exact) mass is 362 g/mol. The Morgan fingerprint density at radius 3 is 2.16 bits per heavy atom. The number of halogens is 6. The first-order chi connectivity index (χ1) is 11.4. The van der Waals surface area contributed by atoms with Gasteiger partial charge in [0.05, 0.1) is 16.7 Å². The lowest BCUT2D eigenvalue weighted by Crippen LogP contribution is -2.23. The second-order valence-corrected chi connectivity index (χ2v) is 5.25. The molecule has 2 aromatic rings. The molecule has 3 nitrogen and oxygen atoms in total. The number of amides is 1. The van der Waals surface area contributed by atoms with Gasteiger partial charge >= 0.3 is 12.4 Å². The first-order valence-corrected chi connectivity index (χ1v) is 6.86. The van der Waals surface area contributed by atoms with Crippen LogP contribution in [0.25, 0.3) is 0 Å². The van der Waals surface area contributed by atoms with Crippen LogP contribution in [-0.2, 0) is 12.4 Å². The van der Waals surface area contributed by atoms with Crippen molar-refractivity contribution < 1.29 is 31.1 Å². The van der Waals surface area contributed by atoms with Crippen LogP contribution in [0.1, 0.15) is 27.0 Å². The van der Waals surface area contributed by atoms with Gasteiger partial charge < -0.3 is 11.1 Å². The minimum absolute atomic E-state index is 0.0682. The van der Waals surface area contributed by atoms with Crippen LogP contribution in [0.5, 0.6) is 0 Å². The second-order valence-electron chi connectivity index (χ2n) is 5.25. The van der Waals surface area contributed by atoms with Gasteiger partial charge in [-0.25, -0.2) is 0 Å². The smallest absolute Gasteiger partial charge is 0.398 e. The Kier molecular flexibility index (Phi) is 4.70. The van der Waals surface area contributed by atoms with Crippen LogP contribution in [0.3, 0.4) is 0 Å². The Labute approximate surface area is 138 Å². The molecule has 0 heterocycles. The van der Waals surface area contributed by atoms with Gasteiger partial charge in [-0.05, 0) is 36.8 Å². The highest BCUT2D eigenvalue weighted by Crippen LogP contribution is 2.42. The number of anilines is 2. The van der Waals surface area contributed by atoms with E-state index < -0.39 is 35.0 Å². The van der Waals surface area contributed by atoms with E-state index >= 15 is 0 Å². The van der Waals surface area contributed by atoms with E-state index in [9.17, 15) is 31.1 Å². The van der Waals surface area contributed by atoms with E-state index in [0.29, 0.717) is 11.6 Å². The molecule has 3 N–H and O–H groups in total. The molecule has 0 radical (unpaired) electrons. The summed E-state index contributed by atoms with van der Waals surface area (Å²) in [5.74, 6) is -1.32. The van der Waals surface area contributed by atoms with Crippen LogP contribution >= 0.6 is 0 Å². The van der Waals surface area contributed by atoms with Crippen LogP contribution in [-0.4, -0.2) is 5.91 Å². The van der Waals surface area contributed by atoms with Gasteiger partial charge in [0, 0.05) is 11.4 Å². The van der Waals surface area contributed by atoms with Crippen molar-refractivity contribution in [2.24, 2.45) is 0 Å². The number of hydrogen-bond acceptors (Lipinski definition) is 2. The number of nitrogens with one attached hydrogen (secondary N) is 1. The molecule has 1 amide bonds. The number of nitrogen functional groups attached to an aromatic ring is 1. The highest BCUT2D eigenvalue weighted by molar-refractivity contribution is 6.06. The summed E-state index contributed by atoms with van der Waals surface area (Å²) in [4.78, 5) is 12.1.